The van der Waals surface area contributed by atoms with Crippen LogP contribution in [0.4, 0.5) is 0 Å². The molecule has 3 atom stereocenters. The summed E-state index contributed by atoms with van der Waals surface area (Å²) in [6.45, 7) is 3.11. The second kappa shape index (κ2) is 6.23. The zero-order valence-electron chi connectivity index (χ0n) is 14.0. The number of amides is 1. The molecule has 2 heterocycles. The van der Waals surface area contributed by atoms with E-state index in [1.807, 2.05) is 36.3 Å². The number of likely N-dealkylation sites (N-methyl/N-ethyl adjacent to an activating group) is 1. The van der Waals surface area contributed by atoms with Gasteiger partial charge in [-0.1, -0.05) is 18.9 Å². The van der Waals surface area contributed by atoms with Crippen molar-refractivity contribution < 1.29 is 4.79 Å². The standard InChI is InChI=1S/C19H27N3O/c1-21(11-9-14-6-4-5-10-20-14)19(23)18-16-12-22(13-17(16)18)15-7-2-3-8-15/h4-6,10,15-18H,2-3,7-9,11-13H2,1H3/t16-,17+,18?. The zero-order chi connectivity index (χ0) is 15.8. The average Bonchev–Trinajstić information content (AvgIpc) is 3.01. The quantitative estimate of drug-likeness (QED) is 0.836. The predicted molar refractivity (Wildman–Crippen MR) is 89.9 cm³/mol. The topological polar surface area (TPSA) is 36.4 Å². The molecule has 0 bridgehead atoms. The largest absolute Gasteiger partial charge is 0.345 e. The minimum atomic E-state index is 0.307. The second-order valence-corrected chi connectivity index (χ2v) is 7.58. The fourth-order valence-electron chi connectivity index (χ4n) is 4.69. The van der Waals surface area contributed by atoms with Crippen LogP contribution in [0.5, 0.6) is 0 Å². The van der Waals surface area contributed by atoms with E-state index < -0.39 is 0 Å². The third-order valence-electron chi connectivity index (χ3n) is 6.15. The lowest BCUT2D eigenvalue weighted by atomic mass is 10.1. The highest BCUT2D eigenvalue weighted by atomic mass is 16.2. The Kier molecular flexibility index (Phi) is 4.10. The first kappa shape index (κ1) is 15.1. The third-order valence-corrected chi connectivity index (χ3v) is 6.15. The second-order valence-electron chi connectivity index (χ2n) is 7.58. The first-order valence-corrected chi connectivity index (χ1v) is 9.13. The van der Waals surface area contributed by atoms with Crippen LogP contribution in [-0.2, 0) is 11.2 Å². The number of rotatable bonds is 5. The van der Waals surface area contributed by atoms with Gasteiger partial charge in [-0.05, 0) is 36.8 Å². The fraction of sp³-hybridized carbons (Fsp3) is 0.684. The summed E-state index contributed by atoms with van der Waals surface area (Å²) in [4.78, 5) is 21.6. The van der Waals surface area contributed by atoms with Gasteiger partial charge in [-0.25, -0.2) is 0 Å². The van der Waals surface area contributed by atoms with Gasteiger partial charge in [-0.3, -0.25) is 14.7 Å². The monoisotopic (exact) mass is 313 g/mol. The molecule has 3 fully saturated rings. The molecule has 124 valence electrons. The van der Waals surface area contributed by atoms with Crippen molar-refractivity contribution in [2.45, 2.75) is 38.1 Å². The van der Waals surface area contributed by atoms with Gasteiger partial charge in [-0.15, -0.1) is 0 Å². The van der Waals surface area contributed by atoms with Crippen molar-refractivity contribution in [3.8, 4) is 0 Å². The summed E-state index contributed by atoms with van der Waals surface area (Å²) in [7, 11) is 1.95. The van der Waals surface area contributed by atoms with Crippen molar-refractivity contribution in [2.24, 2.45) is 17.8 Å². The molecule has 4 rings (SSSR count). The maximum atomic E-state index is 12.7. The molecule has 0 aromatic carbocycles. The lowest BCUT2D eigenvalue weighted by Crippen LogP contribution is -2.37. The van der Waals surface area contributed by atoms with Crippen molar-refractivity contribution >= 4 is 5.91 Å². The highest BCUT2D eigenvalue weighted by Crippen LogP contribution is 2.53. The Hall–Kier alpha value is -1.42. The van der Waals surface area contributed by atoms with Crippen molar-refractivity contribution in [2.75, 3.05) is 26.7 Å². The average molecular weight is 313 g/mol. The van der Waals surface area contributed by atoms with E-state index in [9.17, 15) is 4.79 Å². The van der Waals surface area contributed by atoms with E-state index in [0.717, 1.165) is 24.7 Å². The number of likely N-dealkylation sites (tertiary alicyclic amines) is 1. The van der Waals surface area contributed by atoms with Crippen LogP contribution in [0.1, 0.15) is 31.4 Å². The summed E-state index contributed by atoms with van der Waals surface area (Å²) >= 11 is 0. The van der Waals surface area contributed by atoms with E-state index >= 15 is 0 Å². The molecule has 0 radical (unpaired) electrons. The van der Waals surface area contributed by atoms with Gasteiger partial charge >= 0.3 is 0 Å². The number of nitrogens with zero attached hydrogens (tertiary/aromatic N) is 3. The summed E-state index contributed by atoms with van der Waals surface area (Å²) in [5.74, 6) is 1.95. The Morgan fingerprint density at radius 1 is 1.26 bits per heavy atom. The number of carbonyl (C=O) groups is 1. The van der Waals surface area contributed by atoms with Gasteiger partial charge in [0.15, 0.2) is 0 Å². The normalized spacial score (nSPS) is 30.4. The number of hydrogen-bond donors (Lipinski definition) is 0. The third kappa shape index (κ3) is 3.01. The maximum absolute atomic E-state index is 12.7. The summed E-state index contributed by atoms with van der Waals surface area (Å²) in [6, 6.07) is 6.79. The molecule has 1 aromatic rings. The molecule has 4 nitrogen and oxygen atoms in total. The number of piperidine rings is 1. The van der Waals surface area contributed by atoms with Gasteiger partial charge in [0.05, 0.1) is 0 Å². The van der Waals surface area contributed by atoms with Crippen LogP contribution in [-0.4, -0.2) is 53.4 Å². The summed E-state index contributed by atoms with van der Waals surface area (Å²) in [5.41, 5.74) is 1.07. The van der Waals surface area contributed by atoms with Crippen LogP contribution in [0.25, 0.3) is 0 Å². The van der Waals surface area contributed by atoms with E-state index in [1.165, 1.54) is 38.8 Å². The van der Waals surface area contributed by atoms with Gasteiger partial charge in [-0.2, -0.15) is 0 Å². The van der Waals surface area contributed by atoms with Crippen molar-refractivity contribution in [3.05, 3.63) is 30.1 Å². The zero-order valence-corrected chi connectivity index (χ0v) is 14.0. The predicted octanol–water partition coefficient (Wildman–Crippen LogP) is 2.20. The Balaban J connectivity index is 1.25. The molecule has 3 aliphatic rings. The summed E-state index contributed by atoms with van der Waals surface area (Å²) in [6.07, 6.45) is 8.22. The van der Waals surface area contributed by atoms with Crippen LogP contribution < -0.4 is 0 Å². The number of hydrogen-bond acceptors (Lipinski definition) is 3. The van der Waals surface area contributed by atoms with Gasteiger partial charge in [0, 0.05) is 57.0 Å². The van der Waals surface area contributed by atoms with Gasteiger partial charge < -0.3 is 4.90 Å². The first-order chi connectivity index (χ1) is 11.2. The molecule has 4 heteroatoms. The fourth-order valence-corrected chi connectivity index (χ4v) is 4.69. The molecule has 1 aliphatic heterocycles. The SMILES string of the molecule is CN(CCc1ccccn1)C(=O)C1[C@H]2CN(C3CCCC3)C[C@@H]12. The highest BCUT2D eigenvalue weighted by Gasteiger charge is 2.60. The van der Waals surface area contributed by atoms with Gasteiger partial charge in [0.1, 0.15) is 0 Å². The Morgan fingerprint density at radius 3 is 2.65 bits per heavy atom. The Bertz CT molecular complexity index is 543. The molecule has 0 N–H and O–H groups in total. The number of pyridine rings is 1. The van der Waals surface area contributed by atoms with E-state index in [0.29, 0.717) is 23.7 Å². The molecule has 1 unspecified atom stereocenters. The van der Waals surface area contributed by atoms with Crippen molar-refractivity contribution in [3.63, 3.8) is 0 Å². The first-order valence-electron chi connectivity index (χ1n) is 9.13. The molecule has 2 aliphatic carbocycles. The highest BCUT2D eigenvalue weighted by molar-refractivity contribution is 5.82. The van der Waals surface area contributed by atoms with Crippen LogP contribution in [0.3, 0.4) is 0 Å². The smallest absolute Gasteiger partial charge is 0.226 e. The Labute approximate surface area is 138 Å². The summed E-state index contributed by atoms with van der Waals surface area (Å²) < 4.78 is 0. The van der Waals surface area contributed by atoms with Crippen LogP contribution >= 0.6 is 0 Å². The molecule has 2 saturated carbocycles. The van der Waals surface area contributed by atoms with E-state index in [-0.39, 0.29) is 0 Å². The lowest BCUT2D eigenvalue weighted by molar-refractivity contribution is -0.132. The summed E-state index contributed by atoms with van der Waals surface area (Å²) in [5, 5.41) is 0. The minimum absolute atomic E-state index is 0.307. The minimum Gasteiger partial charge on any atom is -0.345 e. The van der Waals surface area contributed by atoms with E-state index in [4.69, 9.17) is 0 Å². The molecule has 23 heavy (non-hydrogen) atoms. The van der Waals surface area contributed by atoms with E-state index in [2.05, 4.69) is 9.88 Å². The molecule has 1 saturated heterocycles. The number of aromatic nitrogens is 1. The number of carbonyl (C=O) groups excluding carboxylic acids is 1. The van der Waals surface area contributed by atoms with Crippen LogP contribution in [0, 0.1) is 17.8 Å². The molecule has 1 aromatic heterocycles. The lowest BCUT2D eigenvalue weighted by Gasteiger charge is -2.27. The van der Waals surface area contributed by atoms with Gasteiger partial charge in [0.25, 0.3) is 0 Å². The maximum Gasteiger partial charge on any atom is 0.226 e. The van der Waals surface area contributed by atoms with Crippen molar-refractivity contribution in [1.82, 2.24) is 14.8 Å². The molecule has 1 amide bonds. The van der Waals surface area contributed by atoms with Crippen LogP contribution in [0.15, 0.2) is 24.4 Å². The van der Waals surface area contributed by atoms with E-state index in [1.54, 1.807) is 0 Å². The molecular weight excluding hydrogens is 286 g/mol. The van der Waals surface area contributed by atoms with Crippen molar-refractivity contribution in [1.29, 1.82) is 0 Å². The number of fused-ring (bicyclic) bond motifs is 1. The Morgan fingerprint density at radius 2 is 2.00 bits per heavy atom. The molecule has 0 spiro atoms. The molecular formula is C19H27N3O. The van der Waals surface area contributed by atoms with Crippen LogP contribution in [0.2, 0.25) is 0 Å². The van der Waals surface area contributed by atoms with Gasteiger partial charge in [0.2, 0.25) is 5.91 Å².